The van der Waals surface area contributed by atoms with Crippen LogP contribution < -0.4 is 20.9 Å². The molecule has 54 heavy (non-hydrogen) atoms. The molecule has 1 saturated heterocycles. The van der Waals surface area contributed by atoms with Gasteiger partial charge in [0.1, 0.15) is 23.3 Å². The van der Waals surface area contributed by atoms with Gasteiger partial charge in [-0.15, -0.1) is 0 Å². The van der Waals surface area contributed by atoms with Gasteiger partial charge < -0.3 is 40.5 Å². The minimum atomic E-state index is -1.23. The Labute approximate surface area is 316 Å². The van der Waals surface area contributed by atoms with Gasteiger partial charge in [0.15, 0.2) is 5.65 Å². The highest BCUT2D eigenvalue weighted by molar-refractivity contribution is 5.77. The van der Waals surface area contributed by atoms with E-state index in [-0.39, 0.29) is 42.9 Å². The number of aliphatic hydroxyl groups excluding tert-OH is 2. The average Bonchev–Trinajstić information content (AvgIpc) is 3.80. The third-order valence-electron chi connectivity index (χ3n) is 9.67. The number of imidazole rings is 1. The first-order chi connectivity index (χ1) is 25.6. The predicted molar refractivity (Wildman–Crippen MR) is 206 cm³/mol. The van der Waals surface area contributed by atoms with Crippen molar-refractivity contribution in [2.45, 2.75) is 108 Å². The van der Waals surface area contributed by atoms with E-state index in [4.69, 9.17) is 19.4 Å². The van der Waals surface area contributed by atoms with E-state index in [0.717, 1.165) is 11.1 Å². The topological polar surface area (TPSA) is 176 Å². The molecule has 0 unspecified atom stereocenters. The molecule has 1 aliphatic heterocycles. The summed E-state index contributed by atoms with van der Waals surface area (Å²) >= 11 is 0. The van der Waals surface area contributed by atoms with Gasteiger partial charge >= 0.3 is 6.09 Å². The number of nitrogens with zero attached hydrogens (tertiary/aromatic N) is 5. The number of nitrogens with one attached hydrogen (secondary N) is 3. The summed E-state index contributed by atoms with van der Waals surface area (Å²) in [4.78, 5) is 42.0. The zero-order valence-corrected chi connectivity index (χ0v) is 32.0. The molecule has 4 aromatic rings. The number of alkyl carbamates (subject to hydrolysis) is 1. The van der Waals surface area contributed by atoms with Crippen LogP contribution in [0, 0.1) is 0 Å². The van der Waals surface area contributed by atoms with E-state index in [2.05, 4.69) is 45.2 Å². The Morgan fingerprint density at radius 3 is 2.20 bits per heavy atom. The number of carbonyl (C=O) groups is 2. The summed E-state index contributed by atoms with van der Waals surface area (Å²) in [5, 5.41) is 32.3. The summed E-state index contributed by atoms with van der Waals surface area (Å²) in [5.74, 6) is 0.613. The SMILES string of the molecule is CC(C)(C)OCCC(=O)N[C@H]1C[C@@H](n2c(NCC(c3ccccc3)c3ccccc3)nc3cnc(N4CC[C@@H](NC(=O)OC(C)(C)C)C4)nc32)[C@H](O)[C@@H]1O. The van der Waals surface area contributed by atoms with Gasteiger partial charge in [0.25, 0.3) is 0 Å². The second-order valence-electron chi connectivity index (χ2n) is 16.2. The van der Waals surface area contributed by atoms with Gasteiger partial charge in [0, 0.05) is 32.0 Å². The van der Waals surface area contributed by atoms with Gasteiger partial charge in [0.05, 0.1) is 36.5 Å². The molecule has 3 heterocycles. The molecule has 2 aromatic carbocycles. The smallest absolute Gasteiger partial charge is 0.407 e. The molecule has 290 valence electrons. The van der Waals surface area contributed by atoms with Gasteiger partial charge in [-0.1, -0.05) is 60.7 Å². The lowest BCUT2D eigenvalue weighted by molar-refractivity contribution is -0.124. The summed E-state index contributed by atoms with van der Waals surface area (Å²) < 4.78 is 13.0. The molecule has 0 bridgehead atoms. The summed E-state index contributed by atoms with van der Waals surface area (Å²) in [7, 11) is 0. The molecule has 1 aliphatic carbocycles. The van der Waals surface area contributed by atoms with Gasteiger partial charge in [-0.25, -0.2) is 14.8 Å². The minimum absolute atomic E-state index is 0.0252. The van der Waals surface area contributed by atoms with Gasteiger partial charge in [-0.2, -0.15) is 4.98 Å². The number of fused-ring (bicyclic) bond motifs is 1. The second kappa shape index (κ2) is 16.3. The predicted octanol–water partition coefficient (Wildman–Crippen LogP) is 4.53. The normalized spacial score (nSPS) is 21.8. The maximum atomic E-state index is 12.9. The Bertz CT molecular complexity index is 1840. The first-order valence-corrected chi connectivity index (χ1v) is 18.8. The van der Waals surface area contributed by atoms with E-state index >= 15 is 0 Å². The van der Waals surface area contributed by atoms with E-state index < -0.39 is 36.0 Å². The number of rotatable bonds is 12. The Kier molecular flexibility index (Phi) is 11.7. The van der Waals surface area contributed by atoms with Crippen LogP contribution in [0.1, 0.15) is 83.9 Å². The van der Waals surface area contributed by atoms with E-state index in [1.807, 2.05) is 87.4 Å². The molecule has 2 fully saturated rings. The van der Waals surface area contributed by atoms with Crippen LogP contribution in [0.25, 0.3) is 11.2 Å². The monoisotopic (exact) mass is 742 g/mol. The summed E-state index contributed by atoms with van der Waals surface area (Å²) in [6.45, 7) is 13.1. The van der Waals surface area contributed by atoms with Crippen LogP contribution in [0.2, 0.25) is 0 Å². The van der Waals surface area contributed by atoms with Gasteiger partial charge in [0.2, 0.25) is 17.8 Å². The Morgan fingerprint density at radius 1 is 0.907 bits per heavy atom. The maximum Gasteiger partial charge on any atom is 0.407 e. The number of hydrogen-bond acceptors (Lipinski definition) is 11. The van der Waals surface area contributed by atoms with E-state index in [1.54, 1.807) is 6.20 Å². The Balaban J connectivity index is 1.29. The summed E-state index contributed by atoms with van der Waals surface area (Å²) in [6.07, 6.45) is -0.228. The van der Waals surface area contributed by atoms with Crippen molar-refractivity contribution in [2.75, 3.05) is 36.5 Å². The highest BCUT2D eigenvalue weighted by Gasteiger charge is 2.45. The molecule has 2 amide bonds. The number of ether oxygens (including phenoxy) is 2. The fraction of sp³-hybridized carbons (Fsp3) is 0.525. The van der Waals surface area contributed by atoms with Crippen LogP contribution in [-0.2, 0) is 14.3 Å². The molecule has 2 aliphatic rings. The van der Waals surface area contributed by atoms with E-state index in [9.17, 15) is 19.8 Å². The van der Waals surface area contributed by atoms with Crippen molar-refractivity contribution in [3.8, 4) is 0 Å². The number of benzene rings is 2. The molecule has 2 aromatic heterocycles. The lowest BCUT2D eigenvalue weighted by atomic mass is 9.91. The van der Waals surface area contributed by atoms with E-state index in [1.165, 1.54) is 0 Å². The second-order valence-corrected chi connectivity index (χ2v) is 16.2. The van der Waals surface area contributed by atoms with Crippen molar-refractivity contribution < 1.29 is 29.3 Å². The number of hydrogen-bond donors (Lipinski definition) is 5. The van der Waals surface area contributed by atoms with Crippen molar-refractivity contribution in [2.24, 2.45) is 0 Å². The molecule has 6 rings (SSSR count). The third-order valence-corrected chi connectivity index (χ3v) is 9.67. The van der Waals surface area contributed by atoms with Crippen LogP contribution in [0.15, 0.2) is 66.9 Å². The van der Waals surface area contributed by atoms with Crippen LogP contribution in [0.5, 0.6) is 0 Å². The zero-order chi connectivity index (χ0) is 38.6. The molecular weight excluding hydrogens is 688 g/mol. The Morgan fingerprint density at radius 2 is 1.57 bits per heavy atom. The number of aliphatic hydroxyl groups is 2. The summed E-state index contributed by atoms with van der Waals surface area (Å²) in [5.41, 5.74) is 2.24. The number of aromatic nitrogens is 4. The van der Waals surface area contributed by atoms with Crippen molar-refractivity contribution >= 4 is 35.1 Å². The lowest BCUT2D eigenvalue weighted by Crippen LogP contribution is -2.43. The Hall–Kier alpha value is -4.79. The fourth-order valence-electron chi connectivity index (χ4n) is 7.14. The molecule has 14 nitrogen and oxygen atoms in total. The largest absolute Gasteiger partial charge is 0.444 e. The average molecular weight is 743 g/mol. The first kappa shape index (κ1) is 38.9. The highest BCUT2D eigenvalue weighted by atomic mass is 16.6. The van der Waals surface area contributed by atoms with Crippen LogP contribution in [0.4, 0.5) is 16.7 Å². The van der Waals surface area contributed by atoms with Crippen molar-refractivity contribution in [3.05, 3.63) is 78.0 Å². The quantitative estimate of drug-likeness (QED) is 0.138. The summed E-state index contributed by atoms with van der Waals surface area (Å²) in [6, 6.07) is 18.9. The molecule has 1 saturated carbocycles. The first-order valence-electron chi connectivity index (χ1n) is 18.8. The van der Waals surface area contributed by atoms with Crippen LogP contribution in [-0.4, -0.2) is 103 Å². The number of carbonyl (C=O) groups excluding carboxylic acids is 2. The number of amides is 2. The standard InChI is InChI=1S/C40H54N8O6/c1-39(2,3)53-20-18-32(49)44-29-21-31(34(51)33(29)50)48-35-30(23-42-36(46-35)47-19-17-27(24-47)43-38(52)54-40(4,5)6)45-37(48)41-22-28(25-13-9-7-10-14-25)26-15-11-8-12-16-26/h7-16,23,27-29,31,33-34,50-51H,17-22,24H2,1-6H3,(H,41,45)(H,43,52)(H,44,49)/t27-,29+,31-,33-,34+/m1/s1. The molecular formula is C40H54N8O6. The number of anilines is 2. The van der Waals surface area contributed by atoms with Crippen molar-refractivity contribution in [1.82, 2.24) is 30.2 Å². The van der Waals surface area contributed by atoms with Crippen LogP contribution >= 0.6 is 0 Å². The highest BCUT2D eigenvalue weighted by Crippen LogP contribution is 2.37. The van der Waals surface area contributed by atoms with Crippen LogP contribution in [0.3, 0.4) is 0 Å². The zero-order valence-electron chi connectivity index (χ0n) is 32.0. The van der Waals surface area contributed by atoms with Gasteiger partial charge in [-0.05, 0) is 65.5 Å². The lowest BCUT2D eigenvalue weighted by Gasteiger charge is -2.23. The van der Waals surface area contributed by atoms with Crippen molar-refractivity contribution in [1.29, 1.82) is 0 Å². The van der Waals surface area contributed by atoms with E-state index in [0.29, 0.717) is 49.1 Å². The molecule has 14 heteroatoms. The van der Waals surface area contributed by atoms with Crippen molar-refractivity contribution in [3.63, 3.8) is 0 Å². The maximum absolute atomic E-state index is 12.9. The molecule has 5 N–H and O–H groups in total. The fourth-order valence-corrected chi connectivity index (χ4v) is 7.14. The third kappa shape index (κ3) is 9.65. The van der Waals surface area contributed by atoms with Gasteiger partial charge in [-0.3, -0.25) is 9.36 Å². The molecule has 0 spiro atoms. The molecule has 0 radical (unpaired) electrons. The minimum Gasteiger partial charge on any atom is -0.444 e. The molecule has 5 atom stereocenters.